The first-order valence-electron chi connectivity index (χ1n) is 9.25. The van der Waals surface area contributed by atoms with Crippen molar-refractivity contribution >= 4 is 11.9 Å². The van der Waals surface area contributed by atoms with E-state index in [2.05, 4.69) is 20.3 Å². The molecule has 0 spiro atoms. The van der Waals surface area contributed by atoms with E-state index >= 15 is 0 Å². The number of amides is 1. The van der Waals surface area contributed by atoms with Crippen LogP contribution in [-0.4, -0.2) is 41.0 Å². The molecule has 0 saturated heterocycles. The Kier molecular flexibility index (Phi) is 5.99. The quantitative estimate of drug-likeness (QED) is 0.716. The fraction of sp³-hybridized carbons (Fsp3) is 0.273. The molecule has 0 aliphatic heterocycles. The molecule has 3 aromatic rings. The van der Waals surface area contributed by atoms with Gasteiger partial charge >= 0.3 is 0 Å². The van der Waals surface area contributed by atoms with Crippen LogP contribution in [0.2, 0.25) is 0 Å². The van der Waals surface area contributed by atoms with Gasteiger partial charge in [-0.25, -0.2) is 9.97 Å². The van der Waals surface area contributed by atoms with E-state index in [1.165, 1.54) is 0 Å². The molecule has 0 aliphatic rings. The largest absolute Gasteiger partial charge is 0.349 e. The highest BCUT2D eigenvalue weighted by Gasteiger charge is 2.13. The summed E-state index contributed by atoms with van der Waals surface area (Å²) >= 11 is 0. The lowest BCUT2D eigenvalue weighted by molar-refractivity contribution is 0.0940. The Balaban J connectivity index is 1.76. The van der Waals surface area contributed by atoms with Gasteiger partial charge in [0.15, 0.2) is 0 Å². The maximum absolute atomic E-state index is 12.7. The van der Waals surface area contributed by atoms with E-state index in [4.69, 9.17) is 0 Å². The number of benzene rings is 1. The second-order valence-corrected chi connectivity index (χ2v) is 7.11. The van der Waals surface area contributed by atoms with Gasteiger partial charge in [-0.3, -0.25) is 9.78 Å². The van der Waals surface area contributed by atoms with Crippen LogP contribution in [0, 0.1) is 6.92 Å². The summed E-state index contributed by atoms with van der Waals surface area (Å²) < 4.78 is 0. The van der Waals surface area contributed by atoms with Crippen molar-refractivity contribution in [2.24, 2.45) is 0 Å². The maximum Gasteiger partial charge on any atom is 0.251 e. The number of nitrogens with zero attached hydrogens (tertiary/aromatic N) is 4. The van der Waals surface area contributed by atoms with Gasteiger partial charge < -0.3 is 10.2 Å². The minimum absolute atomic E-state index is 0.00185. The first-order valence-corrected chi connectivity index (χ1v) is 9.25. The number of hydrogen-bond donors (Lipinski definition) is 1. The fourth-order valence-electron chi connectivity index (χ4n) is 2.95. The van der Waals surface area contributed by atoms with Gasteiger partial charge in [-0.15, -0.1) is 0 Å². The normalized spacial score (nSPS) is 11.7. The Morgan fingerprint density at radius 2 is 1.96 bits per heavy atom. The van der Waals surface area contributed by atoms with E-state index in [0.717, 1.165) is 28.9 Å². The van der Waals surface area contributed by atoms with Gasteiger partial charge in [0, 0.05) is 49.4 Å². The standard InChI is InChI=1S/C22H25N5O/c1-15(11-17-7-6-10-23-14-17)24-21(28)19-9-5-8-18(13-19)20-12-16(2)25-22(26-20)27(3)4/h5-10,12-15H,11H2,1-4H3,(H,24,28). The van der Waals surface area contributed by atoms with Crippen LogP contribution >= 0.6 is 0 Å². The average Bonchev–Trinajstić information content (AvgIpc) is 2.68. The lowest BCUT2D eigenvalue weighted by Crippen LogP contribution is -2.34. The predicted molar refractivity (Wildman–Crippen MR) is 111 cm³/mol. The highest BCUT2D eigenvalue weighted by molar-refractivity contribution is 5.95. The van der Waals surface area contributed by atoms with Crippen molar-refractivity contribution in [3.8, 4) is 11.3 Å². The lowest BCUT2D eigenvalue weighted by atomic mass is 10.1. The van der Waals surface area contributed by atoms with Crippen molar-refractivity contribution < 1.29 is 4.79 Å². The zero-order valence-electron chi connectivity index (χ0n) is 16.7. The fourth-order valence-corrected chi connectivity index (χ4v) is 2.95. The third kappa shape index (κ3) is 4.91. The van der Waals surface area contributed by atoms with Crippen LogP contribution in [0.5, 0.6) is 0 Å². The summed E-state index contributed by atoms with van der Waals surface area (Å²) in [6.45, 7) is 3.93. The second kappa shape index (κ2) is 8.61. The zero-order valence-corrected chi connectivity index (χ0v) is 16.7. The van der Waals surface area contributed by atoms with Gasteiger partial charge in [0.2, 0.25) is 5.95 Å². The van der Waals surface area contributed by atoms with Crippen molar-refractivity contribution in [2.45, 2.75) is 26.3 Å². The molecular formula is C22H25N5O. The molecule has 0 radical (unpaired) electrons. The summed E-state index contributed by atoms with van der Waals surface area (Å²) in [6, 6.07) is 13.4. The molecule has 0 aliphatic carbocycles. The molecule has 1 atom stereocenters. The molecular weight excluding hydrogens is 350 g/mol. The van der Waals surface area contributed by atoms with Crippen molar-refractivity contribution in [1.82, 2.24) is 20.3 Å². The smallest absolute Gasteiger partial charge is 0.251 e. The highest BCUT2D eigenvalue weighted by Crippen LogP contribution is 2.21. The molecule has 0 bridgehead atoms. The topological polar surface area (TPSA) is 71.0 Å². The van der Waals surface area contributed by atoms with Gasteiger partial charge in [0.25, 0.3) is 5.91 Å². The summed E-state index contributed by atoms with van der Waals surface area (Å²) in [5, 5.41) is 3.06. The molecule has 2 aromatic heterocycles. The zero-order chi connectivity index (χ0) is 20.1. The van der Waals surface area contributed by atoms with Crippen molar-refractivity contribution in [3.05, 3.63) is 71.7 Å². The van der Waals surface area contributed by atoms with Gasteiger partial charge in [-0.1, -0.05) is 18.2 Å². The number of anilines is 1. The van der Waals surface area contributed by atoms with E-state index in [-0.39, 0.29) is 11.9 Å². The van der Waals surface area contributed by atoms with E-state index in [9.17, 15) is 4.79 Å². The molecule has 3 rings (SSSR count). The molecule has 6 nitrogen and oxygen atoms in total. The van der Waals surface area contributed by atoms with E-state index in [1.54, 1.807) is 6.20 Å². The molecule has 0 saturated carbocycles. The third-order valence-corrected chi connectivity index (χ3v) is 4.31. The van der Waals surface area contributed by atoms with E-state index < -0.39 is 0 Å². The molecule has 28 heavy (non-hydrogen) atoms. The van der Waals surface area contributed by atoms with Crippen molar-refractivity contribution in [2.75, 3.05) is 19.0 Å². The lowest BCUT2D eigenvalue weighted by Gasteiger charge is -2.15. The second-order valence-electron chi connectivity index (χ2n) is 7.11. The third-order valence-electron chi connectivity index (χ3n) is 4.31. The van der Waals surface area contributed by atoms with Crippen LogP contribution in [-0.2, 0) is 6.42 Å². The minimum atomic E-state index is -0.100. The monoisotopic (exact) mass is 375 g/mol. The van der Waals surface area contributed by atoms with Crippen LogP contribution in [0.25, 0.3) is 11.3 Å². The maximum atomic E-state index is 12.7. The summed E-state index contributed by atoms with van der Waals surface area (Å²) in [5.74, 6) is 0.548. The van der Waals surface area contributed by atoms with Gasteiger partial charge in [0.05, 0.1) is 5.69 Å². The van der Waals surface area contributed by atoms with Crippen LogP contribution in [0.4, 0.5) is 5.95 Å². The van der Waals surface area contributed by atoms with E-state index in [0.29, 0.717) is 11.5 Å². The number of carbonyl (C=O) groups excluding carboxylic acids is 1. The highest BCUT2D eigenvalue weighted by atomic mass is 16.1. The summed E-state index contributed by atoms with van der Waals surface area (Å²) in [7, 11) is 3.82. The van der Waals surface area contributed by atoms with Gasteiger partial charge in [-0.2, -0.15) is 0 Å². The first kappa shape index (κ1) is 19.5. The Morgan fingerprint density at radius 1 is 1.14 bits per heavy atom. The number of hydrogen-bond acceptors (Lipinski definition) is 5. The number of aromatic nitrogens is 3. The number of rotatable bonds is 6. The Morgan fingerprint density at radius 3 is 2.68 bits per heavy atom. The molecule has 1 unspecified atom stereocenters. The number of nitrogens with one attached hydrogen (secondary N) is 1. The van der Waals surface area contributed by atoms with Crippen molar-refractivity contribution in [1.29, 1.82) is 0 Å². The van der Waals surface area contributed by atoms with Crippen LogP contribution in [0.1, 0.15) is 28.5 Å². The molecule has 6 heteroatoms. The van der Waals surface area contributed by atoms with E-state index in [1.807, 2.05) is 81.5 Å². The Hall–Kier alpha value is -3.28. The van der Waals surface area contributed by atoms with Crippen LogP contribution in [0.3, 0.4) is 0 Å². The predicted octanol–water partition coefficient (Wildman–Crippen LogP) is 3.27. The molecule has 2 heterocycles. The minimum Gasteiger partial charge on any atom is -0.349 e. The van der Waals surface area contributed by atoms with Crippen LogP contribution < -0.4 is 10.2 Å². The van der Waals surface area contributed by atoms with Gasteiger partial charge in [-0.05, 0) is 50.1 Å². The summed E-state index contributed by atoms with van der Waals surface area (Å²) in [6.07, 6.45) is 4.30. The number of carbonyl (C=O) groups is 1. The number of aryl methyl sites for hydroxylation is 1. The SMILES string of the molecule is Cc1cc(-c2cccc(C(=O)NC(C)Cc3cccnc3)c2)nc(N(C)C)n1. The molecule has 0 fully saturated rings. The Bertz CT molecular complexity index is 956. The molecule has 1 N–H and O–H groups in total. The first-order chi connectivity index (χ1) is 13.4. The summed E-state index contributed by atoms with van der Waals surface area (Å²) in [5.41, 5.74) is 4.28. The van der Waals surface area contributed by atoms with Gasteiger partial charge in [0.1, 0.15) is 0 Å². The number of pyridine rings is 1. The van der Waals surface area contributed by atoms with Crippen LogP contribution in [0.15, 0.2) is 54.9 Å². The molecule has 144 valence electrons. The molecule has 1 aromatic carbocycles. The average molecular weight is 375 g/mol. The Labute approximate surface area is 165 Å². The summed E-state index contributed by atoms with van der Waals surface area (Å²) in [4.78, 5) is 27.7. The molecule has 1 amide bonds. The van der Waals surface area contributed by atoms with Crippen molar-refractivity contribution in [3.63, 3.8) is 0 Å².